The average Bonchev–Trinajstić information content (AvgIpc) is 3.48. The summed E-state index contributed by atoms with van der Waals surface area (Å²) in [5.74, 6) is 2.79. The van der Waals surface area contributed by atoms with Crippen molar-refractivity contribution in [2.45, 2.75) is 63.2 Å². The molecule has 1 nitrogen and oxygen atoms in total. The Balaban J connectivity index is 0.999. The van der Waals surface area contributed by atoms with Crippen LogP contribution in [0.1, 0.15) is 69.1 Å². The molecule has 0 spiro atoms. The minimum Gasteiger partial charge on any atom is -0.310 e. The third-order valence-corrected chi connectivity index (χ3v) is 15.0. The van der Waals surface area contributed by atoms with Gasteiger partial charge in [-0.05, 0) is 158 Å². The predicted octanol–water partition coefficient (Wildman–Crippen LogP) is 15.6. The second-order valence-electron chi connectivity index (χ2n) is 18.7. The van der Waals surface area contributed by atoms with Crippen LogP contribution in [0.4, 0.5) is 17.1 Å². The Labute approximate surface area is 343 Å². The monoisotopic (exact) mass is 747 g/mol. The second-order valence-corrected chi connectivity index (χ2v) is 18.7. The van der Waals surface area contributed by atoms with Gasteiger partial charge in [-0.2, -0.15) is 0 Å². The molecule has 4 saturated carbocycles. The minimum atomic E-state index is -0.101. The summed E-state index contributed by atoms with van der Waals surface area (Å²) in [4.78, 5) is 2.49. The molecule has 13 rings (SSSR count). The van der Waals surface area contributed by atoms with Gasteiger partial charge in [0.1, 0.15) is 0 Å². The number of hydrogen-bond acceptors (Lipinski definition) is 1. The molecule has 0 heterocycles. The lowest BCUT2D eigenvalue weighted by molar-refractivity contribution is -0.00449. The fourth-order valence-corrected chi connectivity index (χ4v) is 12.9. The van der Waals surface area contributed by atoms with Crippen LogP contribution in [-0.4, -0.2) is 0 Å². The fourth-order valence-electron chi connectivity index (χ4n) is 12.9. The molecule has 8 aromatic rings. The van der Waals surface area contributed by atoms with Crippen molar-refractivity contribution < 1.29 is 0 Å². The molecule has 0 saturated heterocycles. The van der Waals surface area contributed by atoms with Crippen molar-refractivity contribution in [3.8, 4) is 33.4 Å². The van der Waals surface area contributed by atoms with Crippen LogP contribution in [0, 0.1) is 17.8 Å². The molecule has 5 aliphatic carbocycles. The zero-order valence-electron chi connectivity index (χ0n) is 33.6. The van der Waals surface area contributed by atoms with Crippen LogP contribution in [0.25, 0.3) is 54.9 Å². The van der Waals surface area contributed by atoms with E-state index in [-0.39, 0.29) is 5.41 Å². The molecular formula is C57H49N. The van der Waals surface area contributed by atoms with E-state index >= 15 is 0 Å². The molecule has 4 bridgehead atoms. The lowest BCUT2D eigenvalue weighted by Crippen LogP contribution is -2.48. The molecule has 8 aromatic carbocycles. The number of nitrogens with zero attached hydrogens (tertiary/aromatic N) is 1. The lowest BCUT2D eigenvalue weighted by atomic mass is 9.47. The van der Waals surface area contributed by atoms with Crippen LogP contribution in [0.15, 0.2) is 170 Å². The smallest absolute Gasteiger partial charge is 0.0540 e. The van der Waals surface area contributed by atoms with Crippen molar-refractivity contribution in [2.24, 2.45) is 17.8 Å². The quantitative estimate of drug-likeness (QED) is 0.164. The van der Waals surface area contributed by atoms with Gasteiger partial charge in [0.05, 0.1) is 5.69 Å². The number of anilines is 3. The van der Waals surface area contributed by atoms with Crippen LogP contribution in [0.5, 0.6) is 0 Å². The summed E-state index contributed by atoms with van der Waals surface area (Å²) in [7, 11) is 0. The molecule has 0 amide bonds. The van der Waals surface area contributed by atoms with Gasteiger partial charge in [-0.1, -0.05) is 153 Å². The van der Waals surface area contributed by atoms with E-state index in [1.807, 2.05) is 0 Å². The van der Waals surface area contributed by atoms with Crippen molar-refractivity contribution in [1.29, 1.82) is 0 Å². The first-order valence-electron chi connectivity index (χ1n) is 21.7. The Morgan fingerprint density at radius 3 is 1.76 bits per heavy atom. The summed E-state index contributed by atoms with van der Waals surface area (Å²) in [6.45, 7) is 4.76. The van der Waals surface area contributed by atoms with E-state index in [0.29, 0.717) is 5.41 Å². The Morgan fingerprint density at radius 2 is 0.983 bits per heavy atom. The Kier molecular flexibility index (Phi) is 7.53. The van der Waals surface area contributed by atoms with Crippen molar-refractivity contribution in [1.82, 2.24) is 0 Å². The molecule has 0 radical (unpaired) electrons. The molecule has 0 N–H and O–H groups in total. The number of para-hydroxylation sites is 1. The van der Waals surface area contributed by atoms with E-state index in [0.717, 1.165) is 23.4 Å². The van der Waals surface area contributed by atoms with E-state index in [1.54, 1.807) is 5.56 Å². The first-order valence-corrected chi connectivity index (χ1v) is 21.7. The maximum absolute atomic E-state index is 2.54. The molecule has 4 fully saturated rings. The van der Waals surface area contributed by atoms with Crippen LogP contribution in [0.3, 0.4) is 0 Å². The van der Waals surface area contributed by atoms with Gasteiger partial charge in [-0.25, -0.2) is 0 Å². The Hall–Kier alpha value is -5.92. The SMILES string of the molecule is CC1(C)c2ccccc2-c2ccc(N(c3ccc(-c4ccc(C56CC7CC(CC(C7)C5)C6)c5ccccc45)cc3)c3ccccc3-c3cccc4ccccc34)cc21. The predicted molar refractivity (Wildman–Crippen MR) is 244 cm³/mol. The fraction of sp³-hybridized carbons (Fsp3) is 0.228. The summed E-state index contributed by atoms with van der Waals surface area (Å²) >= 11 is 0. The molecule has 5 aliphatic rings. The van der Waals surface area contributed by atoms with Crippen LogP contribution < -0.4 is 4.90 Å². The van der Waals surface area contributed by atoms with Crippen molar-refractivity contribution in [3.63, 3.8) is 0 Å². The molecule has 0 aliphatic heterocycles. The third-order valence-electron chi connectivity index (χ3n) is 15.0. The number of benzene rings is 8. The van der Waals surface area contributed by atoms with Gasteiger partial charge >= 0.3 is 0 Å². The summed E-state index contributed by atoms with van der Waals surface area (Å²) in [6.07, 6.45) is 8.59. The molecular weight excluding hydrogens is 699 g/mol. The van der Waals surface area contributed by atoms with E-state index < -0.39 is 0 Å². The topological polar surface area (TPSA) is 3.24 Å². The second kappa shape index (κ2) is 12.8. The first-order chi connectivity index (χ1) is 28.4. The van der Waals surface area contributed by atoms with Crippen LogP contribution in [-0.2, 0) is 10.8 Å². The molecule has 0 aromatic heterocycles. The highest BCUT2D eigenvalue weighted by Crippen LogP contribution is 2.62. The highest BCUT2D eigenvalue weighted by molar-refractivity contribution is 6.02. The lowest BCUT2D eigenvalue weighted by Gasteiger charge is -2.57. The zero-order chi connectivity index (χ0) is 38.6. The zero-order valence-corrected chi connectivity index (χ0v) is 33.6. The van der Waals surface area contributed by atoms with Gasteiger partial charge in [0, 0.05) is 22.4 Å². The number of hydrogen-bond donors (Lipinski definition) is 0. The largest absolute Gasteiger partial charge is 0.310 e. The van der Waals surface area contributed by atoms with E-state index in [2.05, 4.69) is 189 Å². The van der Waals surface area contributed by atoms with Crippen molar-refractivity contribution in [3.05, 3.63) is 187 Å². The molecule has 58 heavy (non-hydrogen) atoms. The summed E-state index contributed by atoms with van der Waals surface area (Å²) < 4.78 is 0. The van der Waals surface area contributed by atoms with E-state index in [4.69, 9.17) is 0 Å². The summed E-state index contributed by atoms with van der Waals surface area (Å²) in [5, 5.41) is 5.38. The normalized spacial score (nSPS) is 22.3. The van der Waals surface area contributed by atoms with Crippen LogP contribution in [0.2, 0.25) is 0 Å². The van der Waals surface area contributed by atoms with Gasteiger partial charge in [0.15, 0.2) is 0 Å². The minimum absolute atomic E-state index is 0.101. The van der Waals surface area contributed by atoms with Crippen molar-refractivity contribution >= 4 is 38.6 Å². The number of fused-ring (bicyclic) bond motifs is 5. The molecule has 0 atom stereocenters. The van der Waals surface area contributed by atoms with Gasteiger partial charge in [-0.15, -0.1) is 0 Å². The van der Waals surface area contributed by atoms with E-state index in [9.17, 15) is 0 Å². The third kappa shape index (κ3) is 5.15. The average molecular weight is 748 g/mol. The molecule has 1 heteroatoms. The van der Waals surface area contributed by atoms with Gasteiger partial charge < -0.3 is 4.90 Å². The Bertz CT molecular complexity index is 2870. The molecule has 0 unspecified atom stereocenters. The van der Waals surface area contributed by atoms with Gasteiger partial charge in [0.25, 0.3) is 0 Å². The van der Waals surface area contributed by atoms with Crippen molar-refractivity contribution in [2.75, 3.05) is 4.90 Å². The standard InChI is InChI=1S/C57H49N/c1-56(2)52-20-9-7-17-49(52)50-27-26-43(33-54(50)56)58(55-21-10-8-18-51(55)47-19-11-13-40-12-3-4-14-44(40)47)42-24-22-41(23-25-42)45-28-29-53(48-16-6-5-15-46(45)48)57-34-37-30-38(35-57)32-39(31-37)36-57/h3-29,33,37-39H,30-32,34-36H2,1-2H3. The summed E-state index contributed by atoms with van der Waals surface area (Å²) in [5.41, 5.74) is 15.9. The van der Waals surface area contributed by atoms with Crippen LogP contribution >= 0.6 is 0 Å². The highest BCUT2D eigenvalue weighted by atomic mass is 15.1. The van der Waals surface area contributed by atoms with E-state index in [1.165, 1.54) is 116 Å². The summed E-state index contributed by atoms with van der Waals surface area (Å²) in [6, 6.07) is 64.3. The Morgan fingerprint density at radius 1 is 0.414 bits per heavy atom. The number of rotatable bonds is 6. The van der Waals surface area contributed by atoms with Gasteiger partial charge in [0.2, 0.25) is 0 Å². The van der Waals surface area contributed by atoms with Gasteiger partial charge in [-0.3, -0.25) is 0 Å². The maximum atomic E-state index is 2.54. The maximum Gasteiger partial charge on any atom is 0.0540 e. The molecule has 282 valence electrons. The highest BCUT2D eigenvalue weighted by Gasteiger charge is 2.52. The first kappa shape index (κ1) is 34.1.